The molecule has 0 radical (unpaired) electrons. The molecule has 0 unspecified atom stereocenters. The molecule has 54 heavy (non-hydrogen) atoms. The van der Waals surface area contributed by atoms with Crippen LogP contribution in [0.1, 0.15) is 0 Å². The first-order chi connectivity index (χ1) is 26.8. The number of anilines is 3. The largest absolute Gasteiger partial charge is 0.309 e. The van der Waals surface area contributed by atoms with E-state index in [1.807, 2.05) is 0 Å². The van der Waals surface area contributed by atoms with Crippen molar-refractivity contribution in [3.05, 3.63) is 218 Å². The molecule has 0 N–H and O–H groups in total. The van der Waals surface area contributed by atoms with Crippen molar-refractivity contribution >= 4 is 49.6 Å². The Morgan fingerprint density at radius 3 is 1.59 bits per heavy atom. The summed E-state index contributed by atoms with van der Waals surface area (Å²) in [6.45, 7) is 0. The van der Waals surface area contributed by atoms with E-state index in [1.165, 1.54) is 60.4 Å². The minimum absolute atomic E-state index is 1.09. The maximum atomic E-state index is 2.45. The molecule has 0 amide bonds. The van der Waals surface area contributed by atoms with Crippen LogP contribution in [-0.4, -0.2) is 4.57 Å². The number of para-hydroxylation sites is 3. The van der Waals surface area contributed by atoms with E-state index in [2.05, 4.69) is 228 Å². The molecule has 1 heterocycles. The van der Waals surface area contributed by atoms with E-state index in [4.69, 9.17) is 0 Å². The maximum Gasteiger partial charge on any atom is 0.0561 e. The second-order valence-electron chi connectivity index (χ2n) is 13.8. The fourth-order valence-corrected chi connectivity index (χ4v) is 8.02. The quantitative estimate of drug-likeness (QED) is 0.162. The molecule has 9 aromatic carbocycles. The standard InChI is InChI=1S/C52H36N2/c1-3-15-37(16-4-1)39-29-31-43(32-30-39)53-51-26-14-11-23-47(51)48-34-33-44(36-52(48)53)54(49-24-12-9-21-45(49)40-18-5-2-6-19-40)50-25-13-10-22-46(50)42-28-27-38-17-7-8-20-41(38)35-42/h1-36H. The van der Waals surface area contributed by atoms with Gasteiger partial charge in [0.2, 0.25) is 0 Å². The van der Waals surface area contributed by atoms with Crippen LogP contribution in [0.3, 0.4) is 0 Å². The van der Waals surface area contributed by atoms with Crippen molar-refractivity contribution < 1.29 is 0 Å². The lowest BCUT2D eigenvalue weighted by atomic mass is 9.97. The predicted octanol–water partition coefficient (Wildman–Crippen LogP) is 14.4. The normalized spacial score (nSPS) is 11.3. The van der Waals surface area contributed by atoms with Crippen LogP contribution in [-0.2, 0) is 0 Å². The molecule has 0 bridgehead atoms. The first-order valence-corrected chi connectivity index (χ1v) is 18.5. The Morgan fingerprint density at radius 2 is 0.852 bits per heavy atom. The van der Waals surface area contributed by atoms with E-state index in [-0.39, 0.29) is 0 Å². The van der Waals surface area contributed by atoms with Gasteiger partial charge in [-0.25, -0.2) is 0 Å². The highest BCUT2D eigenvalue weighted by atomic mass is 15.1. The number of rotatable bonds is 7. The molecule has 0 atom stereocenters. The zero-order valence-corrected chi connectivity index (χ0v) is 29.7. The van der Waals surface area contributed by atoms with Gasteiger partial charge in [0.15, 0.2) is 0 Å². The number of aromatic nitrogens is 1. The van der Waals surface area contributed by atoms with E-state index in [9.17, 15) is 0 Å². The van der Waals surface area contributed by atoms with Crippen LogP contribution in [0.4, 0.5) is 17.1 Å². The van der Waals surface area contributed by atoms with Crippen LogP contribution in [0.5, 0.6) is 0 Å². The van der Waals surface area contributed by atoms with Crippen LogP contribution >= 0.6 is 0 Å². The molecule has 254 valence electrons. The fraction of sp³-hybridized carbons (Fsp3) is 0. The Hall–Kier alpha value is -7.16. The van der Waals surface area contributed by atoms with Gasteiger partial charge >= 0.3 is 0 Å². The molecular formula is C52H36N2. The van der Waals surface area contributed by atoms with Crippen molar-refractivity contribution in [1.29, 1.82) is 0 Å². The summed E-state index contributed by atoms with van der Waals surface area (Å²) < 4.78 is 2.42. The molecule has 2 nitrogen and oxygen atoms in total. The Morgan fingerprint density at radius 1 is 0.315 bits per heavy atom. The van der Waals surface area contributed by atoms with E-state index >= 15 is 0 Å². The first kappa shape index (κ1) is 31.6. The van der Waals surface area contributed by atoms with Crippen molar-refractivity contribution in [2.24, 2.45) is 0 Å². The van der Waals surface area contributed by atoms with E-state index in [0.29, 0.717) is 0 Å². The lowest BCUT2D eigenvalue weighted by Crippen LogP contribution is -2.12. The van der Waals surface area contributed by atoms with Crippen molar-refractivity contribution in [3.63, 3.8) is 0 Å². The Balaban J connectivity index is 1.22. The Kier molecular flexibility index (Phi) is 7.85. The second-order valence-corrected chi connectivity index (χ2v) is 13.8. The molecule has 0 saturated heterocycles. The fourth-order valence-electron chi connectivity index (χ4n) is 8.02. The topological polar surface area (TPSA) is 8.17 Å². The van der Waals surface area contributed by atoms with Gasteiger partial charge in [0.05, 0.1) is 22.4 Å². The molecule has 2 heteroatoms. The maximum absolute atomic E-state index is 2.45. The third kappa shape index (κ3) is 5.53. The van der Waals surface area contributed by atoms with E-state index in [1.54, 1.807) is 0 Å². The summed E-state index contributed by atoms with van der Waals surface area (Å²) in [6.07, 6.45) is 0. The number of benzene rings is 9. The van der Waals surface area contributed by atoms with Crippen molar-refractivity contribution in [3.8, 4) is 39.1 Å². The highest BCUT2D eigenvalue weighted by Crippen LogP contribution is 2.46. The van der Waals surface area contributed by atoms with Crippen molar-refractivity contribution in [2.45, 2.75) is 0 Å². The number of hydrogen-bond acceptors (Lipinski definition) is 1. The predicted molar refractivity (Wildman–Crippen MR) is 229 cm³/mol. The summed E-state index contributed by atoms with van der Waals surface area (Å²) in [5.74, 6) is 0. The lowest BCUT2D eigenvalue weighted by molar-refractivity contribution is 1.18. The molecule has 0 aliphatic rings. The summed E-state index contributed by atoms with van der Waals surface area (Å²) in [5.41, 5.74) is 13.9. The van der Waals surface area contributed by atoms with Crippen LogP contribution in [0, 0.1) is 0 Å². The molecular weight excluding hydrogens is 653 g/mol. The molecule has 0 aliphatic carbocycles. The number of fused-ring (bicyclic) bond motifs is 4. The number of nitrogens with zero attached hydrogens (tertiary/aromatic N) is 2. The van der Waals surface area contributed by atoms with Gasteiger partial charge in [-0.2, -0.15) is 0 Å². The summed E-state index contributed by atoms with van der Waals surface area (Å²) >= 11 is 0. The molecule has 0 spiro atoms. The van der Waals surface area contributed by atoms with Crippen molar-refractivity contribution in [1.82, 2.24) is 4.57 Å². The Labute approximate surface area is 315 Å². The minimum Gasteiger partial charge on any atom is -0.309 e. The Bertz CT molecular complexity index is 2920. The third-order valence-corrected chi connectivity index (χ3v) is 10.6. The van der Waals surface area contributed by atoms with Crippen molar-refractivity contribution in [2.75, 3.05) is 4.90 Å². The average Bonchev–Trinajstić information content (AvgIpc) is 3.58. The van der Waals surface area contributed by atoms with Gasteiger partial charge in [0.25, 0.3) is 0 Å². The molecule has 10 aromatic rings. The van der Waals surface area contributed by atoms with E-state index in [0.717, 1.165) is 28.3 Å². The van der Waals surface area contributed by atoms with Gasteiger partial charge in [0.1, 0.15) is 0 Å². The summed E-state index contributed by atoms with van der Waals surface area (Å²) in [6, 6.07) is 79.0. The second kappa shape index (κ2) is 13.4. The van der Waals surface area contributed by atoms with Gasteiger partial charge in [-0.1, -0.05) is 170 Å². The monoisotopic (exact) mass is 688 g/mol. The zero-order valence-electron chi connectivity index (χ0n) is 29.7. The summed E-state index contributed by atoms with van der Waals surface area (Å²) in [5, 5.41) is 4.92. The van der Waals surface area contributed by atoms with Crippen LogP contribution in [0.25, 0.3) is 71.6 Å². The van der Waals surface area contributed by atoms with Crippen LogP contribution in [0.15, 0.2) is 218 Å². The SMILES string of the molecule is c1ccc(-c2ccc(-n3c4ccccc4c4ccc(N(c5ccccc5-c5ccccc5)c5ccccc5-c5ccc6ccccc6c5)cc43)cc2)cc1. The summed E-state index contributed by atoms with van der Waals surface area (Å²) in [7, 11) is 0. The van der Waals surface area contributed by atoms with Gasteiger partial charge in [0, 0.05) is 33.3 Å². The molecule has 0 aliphatic heterocycles. The molecule has 1 aromatic heterocycles. The summed E-state index contributed by atoms with van der Waals surface area (Å²) in [4.78, 5) is 2.45. The third-order valence-electron chi connectivity index (χ3n) is 10.6. The average molecular weight is 689 g/mol. The van der Waals surface area contributed by atoms with Gasteiger partial charge in [-0.05, 0) is 81.6 Å². The smallest absolute Gasteiger partial charge is 0.0561 e. The highest BCUT2D eigenvalue weighted by molar-refractivity contribution is 6.11. The lowest BCUT2D eigenvalue weighted by Gasteiger charge is -2.30. The van der Waals surface area contributed by atoms with Crippen LogP contribution < -0.4 is 4.90 Å². The van der Waals surface area contributed by atoms with Crippen LogP contribution in [0.2, 0.25) is 0 Å². The van der Waals surface area contributed by atoms with Gasteiger partial charge < -0.3 is 9.47 Å². The first-order valence-electron chi connectivity index (χ1n) is 18.5. The number of hydrogen-bond donors (Lipinski definition) is 0. The molecule has 0 fully saturated rings. The highest BCUT2D eigenvalue weighted by Gasteiger charge is 2.22. The van der Waals surface area contributed by atoms with Gasteiger partial charge in [-0.15, -0.1) is 0 Å². The van der Waals surface area contributed by atoms with Gasteiger partial charge in [-0.3, -0.25) is 0 Å². The molecule has 0 saturated carbocycles. The zero-order chi connectivity index (χ0) is 35.8. The van der Waals surface area contributed by atoms with E-state index < -0.39 is 0 Å². The minimum atomic E-state index is 1.09. The molecule has 10 rings (SSSR count).